The SMILES string of the molecule is CCCCN(CCCC)C(=O)c1ccc2nc(-c3ccc(C(=O)OC)cc3)n(/C=C/CN3CCCCC3)c2c1. The molecule has 0 radical (unpaired) electrons. The molecule has 2 aromatic carbocycles. The largest absolute Gasteiger partial charge is 0.465 e. The quantitative estimate of drug-likeness (QED) is 0.250. The van der Waals surface area contributed by atoms with Crippen LogP contribution in [-0.2, 0) is 4.74 Å². The Labute approximate surface area is 232 Å². The fourth-order valence-corrected chi connectivity index (χ4v) is 5.09. The molecule has 0 unspecified atom stereocenters. The number of aromatic nitrogens is 2. The van der Waals surface area contributed by atoms with Gasteiger partial charge in [0.15, 0.2) is 0 Å². The van der Waals surface area contributed by atoms with E-state index < -0.39 is 0 Å². The highest BCUT2D eigenvalue weighted by molar-refractivity contribution is 5.98. The third-order valence-corrected chi connectivity index (χ3v) is 7.42. The van der Waals surface area contributed by atoms with E-state index in [-0.39, 0.29) is 11.9 Å². The number of rotatable bonds is 12. The molecule has 7 heteroatoms. The molecular formula is C32H42N4O3. The number of imidazole rings is 1. The Morgan fingerprint density at radius 3 is 2.26 bits per heavy atom. The lowest BCUT2D eigenvalue weighted by atomic mass is 10.1. The van der Waals surface area contributed by atoms with Crippen molar-refractivity contribution in [2.24, 2.45) is 0 Å². The minimum Gasteiger partial charge on any atom is -0.465 e. The number of ether oxygens (including phenoxy) is 1. The summed E-state index contributed by atoms with van der Waals surface area (Å²) in [5.41, 5.74) is 3.80. The number of hydrogen-bond acceptors (Lipinski definition) is 5. The van der Waals surface area contributed by atoms with Gasteiger partial charge in [-0.1, -0.05) is 51.3 Å². The van der Waals surface area contributed by atoms with Crippen LogP contribution in [-0.4, -0.2) is 71.1 Å². The molecule has 1 amide bonds. The average molecular weight is 531 g/mol. The van der Waals surface area contributed by atoms with Crippen LogP contribution in [0.15, 0.2) is 48.5 Å². The first kappa shape index (κ1) is 28.6. The topological polar surface area (TPSA) is 67.7 Å². The number of carbonyl (C=O) groups is 2. The van der Waals surface area contributed by atoms with Crippen molar-refractivity contribution in [1.29, 1.82) is 0 Å². The van der Waals surface area contributed by atoms with E-state index in [0.29, 0.717) is 11.1 Å². The van der Waals surface area contributed by atoms with E-state index in [0.717, 1.165) is 80.8 Å². The van der Waals surface area contributed by atoms with Crippen molar-refractivity contribution >= 4 is 29.1 Å². The minimum atomic E-state index is -0.365. The van der Waals surface area contributed by atoms with Gasteiger partial charge in [-0.25, -0.2) is 9.78 Å². The van der Waals surface area contributed by atoms with Gasteiger partial charge in [0.1, 0.15) is 5.82 Å². The molecule has 7 nitrogen and oxygen atoms in total. The van der Waals surface area contributed by atoms with Crippen molar-refractivity contribution in [2.45, 2.75) is 58.8 Å². The molecule has 1 aromatic heterocycles. The zero-order chi connectivity index (χ0) is 27.6. The number of nitrogens with zero attached hydrogens (tertiary/aromatic N) is 4. The predicted molar refractivity (Wildman–Crippen MR) is 158 cm³/mol. The van der Waals surface area contributed by atoms with Gasteiger partial charge in [0.05, 0.1) is 23.7 Å². The molecule has 3 aromatic rings. The molecule has 0 bridgehead atoms. The van der Waals surface area contributed by atoms with Gasteiger partial charge in [0.25, 0.3) is 5.91 Å². The molecular weight excluding hydrogens is 488 g/mol. The Morgan fingerprint density at radius 1 is 0.949 bits per heavy atom. The smallest absolute Gasteiger partial charge is 0.337 e. The first-order valence-electron chi connectivity index (χ1n) is 14.4. The number of methoxy groups -OCH3 is 1. The lowest BCUT2D eigenvalue weighted by molar-refractivity contribution is 0.0600. The van der Waals surface area contributed by atoms with E-state index in [1.165, 1.54) is 26.4 Å². The molecule has 208 valence electrons. The summed E-state index contributed by atoms with van der Waals surface area (Å²) in [7, 11) is 1.38. The molecule has 2 heterocycles. The van der Waals surface area contributed by atoms with Crippen LogP contribution in [0.5, 0.6) is 0 Å². The summed E-state index contributed by atoms with van der Waals surface area (Å²) in [4.78, 5) is 34.9. The molecule has 1 fully saturated rings. The molecule has 0 atom stereocenters. The van der Waals surface area contributed by atoms with Crippen molar-refractivity contribution in [3.8, 4) is 11.4 Å². The number of carbonyl (C=O) groups excluding carboxylic acids is 2. The predicted octanol–water partition coefficient (Wildman–Crippen LogP) is 6.49. The normalized spacial score (nSPS) is 14.2. The Kier molecular flexibility index (Phi) is 10.3. The third kappa shape index (κ3) is 7.15. The molecule has 1 aliphatic rings. The van der Waals surface area contributed by atoms with E-state index in [9.17, 15) is 9.59 Å². The molecule has 1 saturated heterocycles. The maximum absolute atomic E-state index is 13.6. The van der Waals surface area contributed by atoms with Gasteiger partial charge in [-0.15, -0.1) is 0 Å². The van der Waals surface area contributed by atoms with Crippen LogP contribution >= 0.6 is 0 Å². The molecule has 0 N–H and O–H groups in total. The number of fused-ring (bicyclic) bond motifs is 1. The van der Waals surface area contributed by atoms with Crippen molar-refractivity contribution in [1.82, 2.24) is 19.4 Å². The maximum atomic E-state index is 13.6. The highest BCUT2D eigenvalue weighted by Gasteiger charge is 2.19. The van der Waals surface area contributed by atoms with E-state index in [4.69, 9.17) is 9.72 Å². The summed E-state index contributed by atoms with van der Waals surface area (Å²) in [6, 6.07) is 13.1. The van der Waals surface area contributed by atoms with Crippen LogP contribution in [0.3, 0.4) is 0 Å². The van der Waals surface area contributed by atoms with E-state index in [2.05, 4.69) is 35.6 Å². The summed E-state index contributed by atoms with van der Waals surface area (Å²) in [5.74, 6) is 0.484. The van der Waals surface area contributed by atoms with Gasteiger partial charge in [-0.05, 0) is 69.1 Å². The van der Waals surface area contributed by atoms with Crippen LogP contribution in [0.1, 0.15) is 79.5 Å². The minimum absolute atomic E-state index is 0.0767. The van der Waals surface area contributed by atoms with Gasteiger partial charge in [0, 0.05) is 37.0 Å². The summed E-state index contributed by atoms with van der Waals surface area (Å²) in [5, 5.41) is 0. The number of benzene rings is 2. The second-order valence-electron chi connectivity index (χ2n) is 10.3. The fraction of sp³-hybridized carbons (Fsp3) is 0.469. The number of likely N-dealkylation sites (tertiary alicyclic amines) is 1. The Bertz CT molecular complexity index is 1260. The number of unbranched alkanes of at least 4 members (excludes halogenated alkanes) is 2. The van der Waals surface area contributed by atoms with Crippen molar-refractivity contribution < 1.29 is 14.3 Å². The highest BCUT2D eigenvalue weighted by atomic mass is 16.5. The lowest BCUT2D eigenvalue weighted by Crippen LogP contribution is -2.32. The van der Waals surface area contributed by atoms with Crippen molar-refractivity contribution in [3.63, 3.8) is 0 Å². The molecule has 0 saturated carbocycles. The number of esters is 1. The van der Waals surface area contributed by atoms with Gasteiger partial charge in [-0.3, -0.25) is 14.3 Å². The van der Waals surface area contributed by atoms with Crippen LogP contribution in [0.2, 0.25) is 0 Å². The summed E-state index contributed by atoms with van der Waals surface area (Å²) in [6.07, 6.45) is 12.2. The fourth-order valence-electron chi connectivity index (χ4n) is 5.09. The monoisotopic (exact) mass is 530 g/mol. The van der Waals surface area contributed by atoms with Crippen molar-refractivity contribution in [3.05, 3.63) is 59.7 Å². The molecule has 0 spiro atoms. The summed E-state index contributed by atoms with van der Waals surface area (Å²) >= 11 is 0. The zero-order valence-electron chi connectivity index (χ0n) is 23.7. The molecule has 4 rings (SSSR count). The average Bonchev–Trinajstić information content (AvgIpc) is 3.34. The van der Waals surface area contributed by atoms with E-state index in [1.54, 1.807) is 12.1 Å². The zero-order valence-corrected chi connectivity index (χ0v) is 23.7. The van der Waals surface area contributed by atoms with Crippen LogP contribution in [0.4, 0.5) is 0 Å². The number of piperidine rings is 1. The van der Waals surface area contributed by atoms with Crippen LogP contribution < -0.4 is 0 Å². The van der Waals surface area contributed by atoms with Crippen LogP contribution in [0.25, 0.3) is 28.6 Å². The first-order chi connectivity index (χ1) is 19.0. The van der Waals surface area contributed by atoms with Gasteiger partial charge < -0.3 is 9.64 Å². The first-order valence-corrected chi connectivity index (χ1v) is 14.4. The summed E-state index contributed by atoms with van der Waals surface area (Å²) < 4.78 is 6.93. The van der Waals surface area contributed by atoms with E-state index >= 15 is 0 Å². The molecule has 1 aliphatic heterocycles. The Morgan fingerprint density at radius 2 is 1.62 bits per heavy atom. The number of hydrogen-bond donors (Lipinski definition) is 0. The number of amides is 1. The van der Waals surface area contributed by atoms with Gasteiger partial charge >= 0.3 is 5.97 Å². The van der Waals surface area contributed by atoms with Gasteiger partial charge in [0.2, 0.25) is 0 Å². The maximum Gasteiger partial charge on any atom is 0.337 e. The third-order valence-electron chi connectivity index (χ3n) is 7.42. The van der Waals surface area contributed by atoms with Crippen LogP contribution in [0, 0.1) is 0 Å². The van der Waals surface area contributed by atoms with Crippen molar-refractivity contribution in [2.75, 3.05) is 39.8 Å². The van der Waals surface area contributed by atoms with E-state index in [1.807, 2.05) is 35.2 Å². The molecule has 0 aliphatic carbocycles. The Hall–Kier alpha value is -3.45. The van der Waals surface area contributed by atoms with Gasteiger partial charge in [-0.2, -0.15) is 0 Å². The second-order valence-corrected chi connectivity index (χ2v) is 10.3. The second kappa shape index (κ2) is 14.1. The Balaban J connectivity index is 1.71. The molecule has 39 heavy (non-hydrogen) atoms. The highest BCUT2D eigenvalue weighted by Crippen LogP contribution is 2.27. The lowest BCUT2D eigenvalue weighted by Gasteiger charge is -2.24. The standard InChI is InChI=1S/C32H42N4O3/c1-4-6-21-35(22-7-5-2)31(37)27-16-17-28-29(24-27)36(23-11-20-34-18-9-8-10-19-34)30(33-28)25-12-14-26(15-13-25)32(38)39-3/h11-17,23-24H,4-10,18-22H2,1-3H3/b23-11+. The summed E-state index contributed by atoms with van der Waals surface area (Å²) in [6.45, 7) is 8.99.